The molecule has 1 amide bonds. The Labute approximate surface area is 160 Å². The van der Waals surface area contributed by atoms with Crippen LogP contribution < -0.4 is 4.74 Å². The van der Waals surface area contributed by atoms with Crippen LogP contribution in [0.3, 0.4) is 0 Å². The standard InChI is InChI=1S/C21H29NO5/c1-20(2,3)27-19(24)22-9-8-16-15(22)11-14-18(25-16)13-7-6-12(23)10-17(13)26-21(14,4)5/h6-7,10,14-16,18,23H,8-9,11H2,1-5H3/t14-,15-,16-,18+/m1/s1. The number of phenols is 1. The highest BCUT2D eigenvalue weighted by Crippen LogP contribution is 2.53. The first-order chi connectivity index (χ1) is 12.5. The first-order valence-electron chi connectivity index (χ1n) is 9.72. The largest absolute Gasteiger partial charge is 0.508 e. The topological polar surface area (TPSA) is 68.2 Å². The third-order valence-electron chi connectivity index (χ3n) is 5.86. The fraction of sp³-hybridized carbons (Fsp3) is 0.667. The lowest BCUT2D eigenvalue weighted by molar-refractivity contribution is -0.161. The molecule has 3 aliphatic heterocycles. The maximum absolute atomic E-state index is 12.7. The van der Waals surface area contributed by atoms with Gasteiger partial charge in [-0.3, -0.25) is 0 Å². The molecule has 0 radical (unpaired) electrons. The van der Waals surface area contributed by atoms with Crippen LogP contribution in [0, 0.1) is 5.92 Å². The van der Waals surface area contributed by atoms with E-state index in [0.29, 0.717) is 12.3 Å². The summed E-state index contributed by atoms with van der Waals surface area (Å²) in [5, 5.41) is 9.81. The summed E-state index contributed by atoms with van der Waals surface area (Å²) < 4.78 is 18.3. The average Bonchev–Trinajstić information content (AvgIpc) is 2.94. The minimum Gasteiger partial charge on any atom is -0.508 e. The van der Waals surface area contributed by atoms with E-state index >= 15 is 0 Å². The molecule has 0 aliphatic carbocycles. The number of likely N-dealkylation sites (tertiary alicyclic amines) is 1. The third kappa shape index (κ3) is 3.24. The van der Waals surface area contributed by atoms with Crippen molar-refractivity contribution in [1.82, 2.24) is 4.90 Å². The minimum atomic E-state index is -0.513. The van der Waals surface area contributed by atoms with Crippen LogP contribution in [0.2, 0.25) is 0 Å². The number of hydrogen-bond donors (Lipinski definition) is 1. The van der Waals surface area contributed by atoms with Gasteiger partial charge in [0.15, 0.2) is 0 Å². The summed E-state index contributed by atoms with van der Waals surface area (Å²) in [7, 11) is 0. The molecule has 6 heteroatoms. The zero-order chi connectivity index (χ0) is 19.6. The van der Waals surface area contributed by atoms with E-state index in [1.54, 1.807) is 12.1 Å². The predicted molar refractivity (Wildman–Crippen MR) is 99.9 cm³/mol. The van der Waals surface area contributed by atoms with Crippen molar-refractivity contribution in [3.05, 3.63) is 23.8 Å². The Balaban J connectivity index is 1.61. The number of fused-ring (bicyclic) bond motifs is 4. The summed E-state index contributed by atoms with van der Waals surface area (Å²) >= 11 is 0. The van der Waals surface area contributed by atoms with E-state index in [1.807, 2.05) is 45.6 Å². The first-order valence-corrected chi connectivity index (χ1v) is 9.72. The van der Waals surface area contributed by atoms with Crippen molar-refractivity contribution in [3.63, 3.8) is 0 Å². The van der Waals surface area contributed by atoms with Gasteiger partial charge in [-0.05, 0) is 59.6 Å². The molecule has 3 heterocycles. The molecule has 3 aliphatic rings. The number of phenolic OH excluding ortho intramolecular Hbond substituents is 1. The first kappa shape index (κ1) is 18.4. The fourth-order valence-electron chi connectivity index (χ4n) is 4.62. The molecule has 0 saturated carbocycles. The SMILES string of the molecule is CC(C)(C)OC(=O)N1CC[C@H]2O[C@H]3c4ccc(O)cc4OC(C)(C)[C@@H]3C[C@H]21. The fourth-order valence-corrected chi connectivity index (χ4v) is 4.62. The van der Waals surface area contributed by atoms with E-state index in [-0.39, 0.29) is 36.0 Å². The molecule has 148 valence electrons. The van der Waals surface area contributed by atoms with Gasteiger partial charge < -0.3 is 24.2 Å². The van der Waals surface area contributed by atoms with Gasteiger partial charge in [-0.25, -0.2) is 4.79 Å². The second-order valence-electron chi connectivity index (χ2n) is 9.39. The number of amides is 1. The Kier molecular flexibility index (Phi) is 4.11. The average molecular weight is 375 g/mol. The summed E-state index contributed by atoms with van der Waals surface area (Å²) in [4.78, 5) is 14.5. The molecule has 4 rings (SSSR count). The van der Waals surface area contributed by atoms with Gasteiger partial charge in [0.05, 0.1) is 18.2 Å². The van der Waals surface area contributed by atoms with E-state index in [9.17, 15) is 9.90 Å². The molecular weight excluding hydrogens is 346 g/mol. The third-order valence-corrected chi connectivity index (χ3v) is 5.86. The molecule has 27 heavy (non-hydrogen) atoms. The predicted octanol–water partition coefficient (Wildman–Crippen LogP) is 4.02. The van der Waals surface area contributed by atoms with E-state index in [0.717, 1.165) is 18.4 Å². The van der Waals surface area contributed by atoms with Crippen LogP contribution in [0.1, 0.15) is 59.1 Å². The summed E-state index contributed by atoms with van der Waals surface area (Å²) in [5.74, 6) is 0.981. The monoisotopic (exact) mass is 375 g/mol. The van der Waals surface area contributed by atoms with Gasteiger partial charge in [0.25, 0.3) is 0 Å². The molecule has 2 saturated heterocycles. The smallest absolute Gasteiger partial charge is 0.410 e. The Morgan fingerprint density at radius 1 is 1.33 bits per heavy atom. The van der Waals surface area contributed by atoms with Crippen molar-refractivity contribution in [2.45, 2.75) is 76.9 Å². The number of nitrogens with zero attached hydrogens (tertiary/aromatic N) is 1. The summed E-state index contributed by atoms with van der Waals surface area (Å²) in [6.07, 6.45) is 1.25. The molecule has 0 aromatic heterocycles. The van der Waals surface area contributed by atoms with Gasteiger partial charge in [-0.2, -0.15) is 0 Å². The van der Waals surface area contributed by atoms with Gasteiger partial charge in [0.1, 0.15) is 22.7 Å². The molecule has 6 nitrogen and oxygen atoms in total. The Morgan fingerprint density at radius 3 is 2.78 bits per heavy atom. The van der Waals surface area contributed by atoms with Crippen LogP contribution in [0.15, 0.2) is 18.2 Å². The molecule has 1 aromatic rings. The Morgan fingerprint density at radius 2 is 2.07 bits per heavy atom. The molecule has 0 bridgehead atoms. The maximum Gasteiger partial charge on any atom is 0.410 e. The van der Waals surface area contributed by atoms with Crippen LogP contribution in [0.4, 0.5) is 4.79 Å². The molecular formula is C21H29NO5. The van der Waals surface area contributed by atoms with Crippen LogP contribution in [-0.2, 0) is 9.47 Å². The number of ether oxygens (including phenoxy) is 3. The van der Waals surface area contributed by atoms with Crippen molar-refractivity contribution in [2.75, 3.05) is 6.54 Å². The highest BCUT2D eigenvalue weighted by Gasteiger charge is 2.54. The van der Waals surface area contributed by atoms with Crippen molar-refractivity contribution in [1.29, 1.82) is 0 Å². The van der Waals surface area contributed by atoms with Crippen molar-refractivity contribution in [2.24, 2.45) is 5.92 Å². The number of carbonyl (C=O) groups excluding carboxylic acids is 1. The van der Waals surface area contributed by atoms with Crippen molar-refractivity contribution in [3.8, 4) is 11.5 Å². The van der Waals surface area contributed by atoms with Gasteiger partial charge in [0, 0.05) is 24.1 Å². The quantitative estimate of drug-likeness (QED) is 0.742. The Hall–Kier alpha value is -1.95. The highest BCUT2D eigenvalue weighted by atomic mass is 16.6. The minimum absolute atomic E-state index is 0.00244. The number of hydrogen-bond acceptors (Lipinski definition) is 5. The van der Waals surface area contributed by atoms with Crippen molar-refractivity contribution < 1.29 is 24.1 Å². The second kappa shape index (κ2) is 6.03. The van der Waals surface area contributed by atoms with Crippen molar-refractivity contribution >= 4 is 6.09 Å². The van der Waals surface area contributed by atoms with E-state index in [4.69, 9.17) is 14.2 Å². The Bertz CT molecular complexity index is 753. The van der Waals surface area contributed by atoms with Crippen LogP contribution in [0.5, 0.6) is 11.5 Å². The lowest BCUT2D eigenvalue weighted by Crippen LogP contribution is -2.55. The molecule has 1 N–H and O–H groups in total. The normalized spacial score (nSPS) is 31.4. The maximum atomic E-state index is 12.7. The zero-order valence-electron chi connectivity index (χ0n) is 16.7. The zero-order valence-corrected chi connectivity index (χ0v) is 16.7. The van der Waals surface area contributed by atoms with Gasteiger partial charge >= 0.3 is 6.09 Å². The molecule has 0 unspecified atom stereocenters. The summed E-state index contributed by atoms with van der Waals surface area (Å²) in [6.45, 7) is 10.4. The van der Waals surface area contributed by atoms with E-state index in [1.165, 1.54) is 0 Å². The molecule has 2 fully saturated rings. The van der Waals surface area contributed by atoms with Crippen LogP contribution in [0.25, 0.3) is 0 Å². The number of carbonyl (C=O) groups is 1. The lowest BCUT2D eigenvalue weighted by Gasteiger charge is -2.50. The number of aromatic hydroxyl groups is 1. The summed E-state index contributed by atoms with van der Waals surface area (Å²) in [5.41, 5.74) is 0.00584. The lowest BCUT2D eigenvalue weighted by atomic mass is 9.74. The number of rotatable bonds is 0. The van der Waals surface area contributed by atoms with E-state index in [2.05, 4.69) is 0 Å². The second-order valence-corrected chi connectivity index (χ2v) is 9.39. The van der Waals surface area contributed by atoms with Crippen LogP contribution in [-0.4, -0.2) is 46.0 Å². The summed E-state index contributed by atoms with van der Waals surface area (Å²) in [6, 6.07) is 5.22. The van der Waals surface area contributed by atoms with E-state index < -0.39 is 11.2 Å². The number of benzene rings is 1. The molecule has 4 atom stereocenters. The van der Waals surface area contributed by atoms with Crippen LogP contribution >= 0.6 is 0 Å². The van der Waals surface area contributed by atoms with Gasteiger partial charge in [-0.1, -0.05) is 0 Å². The van der Waals surface area contributed by atoms with Gasteiger partial charge in [-0.15, -0.1) is 0 Å². The highest BCUT2D eigenvalue weighted by molar-refractivity contribution is 5.69. The van der Waals surface area contributed by atoms with Gasteiger partial charge in [0.2, 0.25) is 0 Å². The molecule has 0 spiro atoms. The molecule has 1 aromatic carbocycles.